The lowest BCUT2D eigenvalue weighted by Gasteiger charge is -2.15. The summed E-state index contributed by atoms with van der Waals surface area (Å²) in [7, 11) is 0. The number of hydrogen-bond donors (Lipinski definition) is 1. The highest BCUT2D eigenvalue weighted by Crippen LogP contribution is 2.19. The van der Waals surface area contributed by atoms with Gasteiger partial charge in [0.05, 0.1) is 6.10 Å². The number of ether oxygens (including phenoxy) is 1. The van der Waals surface area contributed by atoms with Gasteiger partial charge < -0.3 is 10.1 Å². The Morgan fingerprint density at radius 3 is 3.18 bits per heavy atom. The summed E-state index contributed by atoms with van der Waals surface area (Å²) in [6.07, 6.45) is 3.23. The second kappa shape index (κ2) is 6.26. The lowest BCUT2D eigenvalue weighted by atomic mass is 10.2. The van der Waals surface area contributed by atoms with E-state index >= 15 is 0 Å². The van der Waals surface area contributed by atoms with Crippen LogP contribution in [0.4, 0.5) is 0 Å². The van der Waals surface area contributed by atoms with Crippen LogP contribution in [-0.4, -0.2) is 28.6 Å². The van der Waals surface area contributed by atoms with E-state index in [2.05, 4.69) is 16.4 Å². The second-order valence-electron chi connectivity index (χ2n) is 4.58. The van der Waals surface area contributed by atoms with Crippen molar-refractivity contribution in [2.75, 3.05) is 11.5 Å². The van der Waals surface area contributed by atoms with E-state index in [4.69, 9.17) is 4.74 Å². The summed E-state index contributed by atoms with van der Waals surface area (Å²) in [5.74, 6) is 3.27. The number of pyridine rings is 1. The maximum atomic E-state index is 5.70. The van der Waals surface area contributed by atoms with Gasteiger partial charge in [-0.15, -0.1) is 0 Å². The SMILES string of the molecule is CC(C)Oc1ncccc1CNC1CCSC1. The van der Waals surface area contributed by atoms with E-state index < -0.39 is 0 Å². The fourth-order valence-corrected chi connectivity index (χ4v) is 3.02. The van der Waals surface area contributed by atoms with E-state index in [0.29, 0.717) is 6.04 Å². The highest BCUT2D eigenvalue weighted by Gasteiger charge is 2.15. The summed E-state index contributed by atoms with van der Waals surface area (Å²) in [6.45, 7) is 4.90. The first-order chi connectivity index (χ1) is 8.25. The van der Waals surface area contributed by atoms with E-state index in [0.717, 1.165) is 18.0 Å². The summed E-state index contributed by atoms with van der Waals surface area (Å²) in [5.41, 5.74) is 1.15. The summed E-state index contributed by atoms with van der Waals surface area (Å²) in [4.78, 5) is 4.30. The molecule has 0 aliphatic carbocycles. The average molecular weight is 252 g/mol. The minimum absolute atomic E-state index is 0.172. The van der Waals surface area contributed by atoms with Crippen LogP contribution in [0.2, 0.25) is 0 Å². The normalized spacial score (nSPS) is 19.8. The van der Waals surface area contributed by atoms with Crippen molar-refractivity contribution in [2.24, 2.45) is 0 Å². The van der Waals surface area contributed by atoms with Crippen LogP contribution < -0.4 is 10.1 Å². The lowest BCUT2D eigenvalue weighted by molar-refractivity contribution is 0.229. The molecular weight excluding hydrogens is 232 g/mol. The zero-order valence-corrected chi connectivity index (χ0v) is 11.3. The highest BCUT2D eigenvalue weighted by atomic mass is 32.2. The van der Waals surface area contributed by atoms with Gasteiger partial charge in [-0.2, -0.15) is 11.8 Å². The molecule has 0 spiro atoms. The molecule has 0 amide bonds. The van der Waals surface area contributed by atoms with Gasteiger partial charge in [-0.05, 0) is 32.1 Å². The Labute approximate surface area is 107 Å². The molecule has 17 heavy (non-hydrogen) atoms. The molecule has 2 rings (SSSR count). The summed E-state index contributed by atoms with van der Waals surface area (Å²) in [5, 5.41) is 3.57. The molecule has 0 radical (unpaired) electrons. The molecule has 0 saturated carbocycles. The summed E-state index contributed by atoms with van der Waals surface area (Å²) < 4.78 is 5.70. The molecule has 1 aromatic rings. The van der Waals surface area contributed by atoms with Crippen LogP contribution in [0, 0.1) is 0 Å². The van der Waals surface area contributed by atoms with Crippen LogP contribution in [0.5, 0.6) is 5.88 Å². The number of nitrogens with zero attached hydrogens (tertiary/aromatic N) is 1. The molecule has 1 aliphatic rings. The Hall–Kier alpha value is -0.740. The molecule has 1 saturated heterocycles. The molecule has 1 aromatic heterocycles. The molecule has 1 unspecified atom stereocenters. The van der Waals surface area contributed by atoms with Gasteiger partial charge in [0.25, 0.3) is 0 Å². The van der Waals surface area contributed by atoms with E-state index in [9.17, 15) is 0 Å². The number of hydrogen-bond acceptors (Lipinski definition) is 4. The van der Waals surface area contributed by atoms with Crippen molar-refractivity contribution < 1.29 is 4.74 Å². The van der Waals surface area contributed by atoms with Gasteiger partial charge in [0.2, 0.25) is 5.88 Å². The Morgan fingerprint density at radius 1 is 1.59 bits per heavy atom. The molecule has 2 heterocycles. The first-order valence-electron chi connectivity index (χ1n) is 6.17. The quantitative estimate of drug-likeness (QED) is 0.873. The summed E-state index contributed by atoms with van der Waals surface area (Å²) in [6, 6.07) is 4.69. The van der Waals surface area contributed by atoms with E-state index in [1.165, 1.54) is 17.9 Å². The lowest BCUT2D eigenvalue weighted by Crippen LogP contribution is -2.28. The Morgan fingerprint density at radius 2 is 2.47 bits per heavy atom. The number of rotatable bonds is 5. The molecular formula is C13H20N2OS. The molecule has 1 N–H and O–H groups in total. The van der Waals surface area contributed by atoms with Gasteiger partial charge in [0.1, 0.15) is 0 Å². The van der Waals surface area contributed by atoms with Gasteiger partial charge in [0.15, 0.2) is 0 Å². The highest BCUT2D eigenvalue weighted by molar-refractivity contribution is 7.99. The third kappa shape index (κ3) is 3.89. The zero-order chi connectivity index (χ0) is 12.1. The van der Waals surface area contributed by atoms with Crippen molar-refractivity contribution in [3.8, 4) is 5.88 Å². The van der Waals surface area contributed by atoms with Crippen molar-refractivity contribution in [1.29, 1.82) is 0 Å². The van der Waals surface area contributed by atoms with Crippen molar-refractivity contribution in [2.45, 2.75) is 39.0 Å². The van der Waals surface area contributed by atoms with Gasteiger partial charge >= 0.3 is 0 Å². The Balaban J connectivity index is 1.94. The molecule has 94 valence electrons. The summed E-state index contributed by atoms with van der Waals surface area (Å²) >= 11 is 2.02. The third-order valence-corrected chi connectivity index (χ3v) is 3.87. The van der Waals surface area contributed by atoms with Crippen molar-refractivity contribution >= 4 is 11.8 Å². The molecule has 1 atom stereocenters. The minimum atomic E-state index is 0.172. The van der Waals surface area contributed by atoms with Gasteiger partial charge in [-0.25, -0.2) is 4.98 Å². The number of aromatic nitrogens is 1. The molecule has 1 fully saturated rings. The molecule has 4 heteroatoms. The van der Waals surface area contributed by atoms with Crippen molar-refractivity contribution in [3.05, 3.63) is 23.9 Å². The Kier molecular flexibility index (Phi) is 4.68. The van der Waals surface area contributed by atoms with E-state index in [1.807, 2.05) is 31.7 Å². The largest absolute Gasteiger partial charge is 0.475 e. The first kappa shape index (κ1) is 12.7. The van der Waals surface area contributed by atoms with Crippen LogP contribution in [0.3, 0.4) is 0 Å². The molecule has 1 aliphatic heterocycles. The standard InChI is InChI=1S/C13H20N2OS/c1-10(2)16-13-11(4-3-6-14-13)8-15-12-5-7-17-9-12/h3-4,6,10,12,15H,5,7-9H2,1-2H3. The monoisotopic (exact) mass is 252 g/mol. The zero-order valence-electron chi connectivity index (χ0n) is 10.5. The third-order valence-electron chi connectivity index (χ3n) is 2.71. The van der Waals surface area contributed by atoms with Gasteiger partial charge in [0, 0.05) is 30.1 Å². The van der Waals surface area contributed by atoms with Gasteiger partial charge in [-0.3, -0.25) is 0 Å². The molecule has 0 aromatic carbocycles. The fourth-order valence-electron chi connectivity index (χ4n) is 1.84. The predicted octanol–water partition coefficient (Wildman–Crippen LogP) is 2.46. The van der Waals surface area contributed by atoms with E-state index in [-0.39, 0.29) is 6.10 Å². The maximum absolute atomic E-state index is 5.70. The van der Waals surface area contributed by atoms with Crippen LogP contribution in [0.15, 0.2) is 18.3 Å². The van der Waals surface area contributed by atoms with Gasteiger partial charge in [-0.1, -0.05) is 6.07 Å². The van der Waals surface area contributed by atoms with Crippen molar-refractivity contribution in [3.63, 3.8) is 0 Å². The van der Waals surface area contributed by atoms with Crippen LogP contribution in [-0.2, 0) is 6.54 Å². The fraction of sp³-hybridized carbons (Fsp3) is 0.615. The minimum Gasteiger partial charge on any atom is -0.475 e. The maximum Gasteiger partial charge on any atom is 0.218 e. The van der Waals surface area contributed by atoms with Crippen LogP contribution >= 0.6 is 11.8 Å². The predicted molar refractivity (Wildman–Crippen MR) is 72.6 cm³/mol. The average Bonchev–Trinajstić information content (AvgIpc) is 2.80. The van der Waals surface area contributed by atoms with Crippen molar-refractivity contribution in [1.82, 2.24) is 10.3 Å². The molecule has 3 nitrogen and oxygen atoms in total. The first-order valence-corrected chi connectivity index (χ1v) is 7.33. The number of nitrogens with one attached hydrogen (secondary N) is 1. The molecule has 0 bridgehead atoms. The topological polar surface area (TPSA) is 34.1 Å². The number of thioether (sulfide) groups is 1. The van der Waals surface area contributed by atoms with Crippen LogP contribution in [0.1, 0.15) is 25.8 Å². The Bertz CT molecular complexity index is 351. The smallest absolute Gasteiger partial charge is 0.218 e. The second-order valence-corrected chi connectivity index (χ2v) is 5.73. The van der Waals surface area contributed by atoms with E-state index in [1.54, 1.807) is 6.20 Å². The van der Waals surface area contributed by atoms with Crippen LogP contribution in [0.25, 0.3) is 0 Å².